The summed E-state index contributed by atoms with van der Waals surface area (Å²) in [6.07, 6.45) is 2.09. The van der Waals surface area contributed by atoms with Crippen molar-refractivity contribution in [3.63, 3.8) is 0 Å². The first-order chi connectivity index (χ1) is 8.11. The molecule has 0 saturated carbocycles. The summed E-state index contributed by atoms with van der Waals surface area (Å²) < 4.78 is 0. The summed E-state index contributed by atoms with van der Waals surface area (Å²) in [6, 6.07) is 5.89. The van der Waals surface area contributed by atoms with Crippen LogP contribution in [0.3, 0.4) is 0 Å². The van der Waals surface area contributed by atoms with Crippen molar-refractivity contribution in [3.05, 3.63) is 23.8 Å². The van der Waals surface area contributed by atoms with Crippen LogP contribution >= 0.6 is 0 Å². The second-order valence-corrected chi connectivity index (χ2v) is 4.62. The van der Waals surface area contributed by atoms with Crippen LogP contribution in [0.15, 0.2) is 23.2 Å². The van der Waals surface area contributed by atoms with Crippen molar-refractivity contribution in [2.24, 2.45) is 16.6 Å². The zero-order valence-corrected chi connectivity index (χ0v) is 10.3. The largest absolute Gasteiger partial charge is 0.451 e. The predicted octanol–water partition coefficient (Wildman–Crippen LogP) is 0.512. The lowest BCUT2D eigenvalue weighted by molar-refractivity contribution is 0.559. The fourth-order valence-electron chi connectivity index (χ4n) is 2.02. The molecule has 4 N–H and O–H groups in total. The van der Waals surface area contributed by atoms with Gasteiger partial charge in [0.05, 0.1) is 5.69 Å². The van der Waals surface area contributed by atoms with Crippen molar-refractivity contribution in [2.45, 2.75) is 26.7 Å². The summed E-state index contributed by atoms with van der Waals surface area (Å²) >= 11 is 0. The Balaban J connectivity index is 2.39. The van der Waals surface area contributed by atoms with Crippen molar-refractivity contribution < 1.29 is 5.02 Å². The van der Waals surface area contributed by atoms with Gasteiger partial charge >= 0.3 is 7.05 Å². The Morgan fingerprint density at radius 2 is 2.29 bits per heavy atom. The van der Waals surface area contributed by atoms with Crippen molar-refractivity contribution in [1.82, 2.24) is 5.23 Å². The maximum Gasteiger partial charge on any atom is 0.451 e. The van der Waals surface area contributed by atoms with Crippen molar-refractivity contribution in [1.29, 1.82) is 0 Å². The molecule has 0 aliphatic carbocycles. The zero-order valence-electron chi connectivity index (χ0n) is 10.3. The summed E-state index contributed by atoms with van der Waals surface area (Å²) in [7, 11) is -0.751. The molecule has 5 heteroatoms. The molecular weight excluding hydrogens is 213 g/mol. The van der Waals surface area contributed by atoms with Crippen LogP contribution in [0.5, 0.6) is 0 Å². The van der Waals surface area contributed by atoms with E-state index < -0.39 is 7.05 Å². The topological polar surface area (TPSA) is 70.6 Å². The molecule has 1 aliphatic rings. The molecular formula is C12H18BN3O. The number of aliphatic imine (C=N–C) groups is 1. The molecule has 1 unspecified atom stereocenters. The molecule has 1 aliphatic heterocycles. The Hall–Kier alpha value is -1.49. The summed E-state index contributed by atoms with van der Waals surface area (Å²) in [6.45, 7) is 4.39. The second-order valence-electron chi connectivity index (χ2n) is 4.62. The third kappa shape index (κ3) is 2.44. The van der Waals surface area contributed by atoms with E-state index in [1.165, 1.54) is 0 Å². The molecule has 0 aromatic heterocycles. The highest BCUT2D eigenvalue weighted by Gasteiger charge is 2.25. The zero-order chi connectivity index (χ0) is 12.4. The lowest BCUT2D eigenvalue weighted by Crippen LogP contribution is -2.53. The maximum absolute atomic E-state index is 9.88. The Morgan fingerprint density at radius 1 is 1.53 bits per heavy atom. The van der Waals surface area contributed by atoms with Crippen molar-refractivity contribution in [2.75, 3.05) is 0 Å². The van der Waals surface area contributed by atoms with Gasteiger partial charge in [-0.2, -0.15) is 0 Å². The van der Waals surface area contributed by atoms with E-state index in [1.54, 1.807) is 0 Å². The molecule has 0 amide bonds. The number of nitrogens with zero attached hydrogens (tertiary/aromatic N) is 1. The summed E-state index contributed by atoms with van der Waals surface area (Å²) in [5.74, 6) is 0.881. The van der Waals surface area contributed by atoms with Crippen LogP contribution in [0, 0.1) is 5.92 Å². The van der Waals surface area contributed by atoms with Gasteiger partial charge < -0.3 is 16.0 Å². The van der Waals surface area contributed by atoms with Gasteiger partial charge in [-0.3, -0.25) is 0 Å². The van der Waals surface area contributed by atoms with E-state index in [-0.39, 0.29) is 5.96 Å². The van der Waals surface area contributed by atoms with Crippen LogP contribution in [0.4, 0.5) is 5.69 Å². The Labute approximate surface area is 102 Å². The van der Waals surface area contributed by atoms with Crippen LogP contribution in [0.25, 0.3) is 0 Å². The van der Waals surface area contributed by atoms with E-state index in [0.29, 0.717) is 5.92 Å². The van der Waals surface area contributed by atoms with E-state index in [2.05, 4.69) is 30.1 Å². The van der Waals surface area contributed by atoms with Crippen LogP contribution < -0.4 is 16.4 Å². The van der Waals surface area contributed by atoms with Gasteiger partial charge in [-0.25, -0.2) is 4.99 Å². The van der Waals surface area contributed by atoms with Crippen LogP contribution in [-0.4, -0.2) is 18.0 Å². The lowest BCUT2D eigenvalue weighted by Gasteiger charge is -2.21. The van der Waals surface area contributed by atoms with Gasteiger partial charge in [0.25, 0.3) is 0 Å². The van der Waals surface area contributed by atoms with Crippen LogP contribution in [0.2, 0.25) is 0 Å². The number of benzene rings is 1. The molecule has 17 heavy (non-hydrogen) atoms. The van der Waals surface area contributed by atoms with Crippen LogP contribution in [0.1, 0.15) is 25.8 Å². The average Bonchev–Trinajstić information content (AvgIpc) is 2.30. The molecule has 0 radical (unpaired) electrons. The smallest absolute Gasteiger partial charge is 0.429 e. The minimum Gasteiger partial charge on any atom is -0.429 e. The fourth-order valence-corrected chi connectivity index (χ4v) is 2.02. The Bertz CT molecular complexity index is 447. The van der Waals surface area contributed by atoms with E-state index in [1.807, 2.05) is 12.1 Å². The first-order valence-electron chi connectivity index (χ1n) is 6.02. The standard InChI is InChI=1S/C12H18BN3O/c1-3-8(2)7-9-5-4-6-10-11(9)15-12(14)16-13(10)17/h4-6,8,17H,3,7H2,1-2H3,(H3,14,15,16). The van der Waals surface area contributed by atoms with Crippen LogP contribution in [-0.2, 0) is 6.42 Å². The van der Waals surface area contributed by atoms with Gasteiger partial charge in [0.1, 0.15) is 0 Å². The highest BCUT2D eigenvalue weighted by molar-refractivity contribution is 6.68. The average molecular weight is 231 g/mol. The number of hydrogen-bond acceptors (Lipinski definition) is 4. The fraction of sp³-hybridized carbons (Fsp3) is 0.417. The minimum atomic E-state index is -0.751. The highest BCUT2D eigenvalue weighted by atomic mass is 16.2. The lowest BCUT2D eigenvalue weighted by atomic mass is 9.71. The predicted molar refractivity (Wildman–Crippen MR) is 71.6 cm³/mol. The summed E-state index contributed by atoms with van der Waals surface area (Å²) in [5.41, 5.74) is 8.44. The maximum atomic E-state index is 9.88. The molecule has 1 heterocycles. The quantitative estimate of drug-likeness (QED) is 0.664. The number of rotatable bonds is 3. The summed E-state index contributed by atoms with van der Waals surface area (Å²) in [4.78, 5) is 4.31. The molecule has 2 rings (SSSR count). The van der Waals surface area contributed by atoms with Crippen molar-refractivity contribution >= 4 is 24.2 Å². The van der Waals surface area contributed by atoms with Gasteiger partial charge in [0.15, 0.2) is 5.96 Å². The summed E-state index contributed by atoms with van der Waals surface area (Å²) in [5, 5.41) is 12.6. The number of nitrogens with one attached hydrogen (secondary N) is 1. The number of para-hydroxylation sites is 1. The molecule has 0 spiro atoms. The SMILES string of the molecule is CCC(C)Cc1cccc2c1N=C(N)NB2O. The second kappa shape index (κ2) is 4.79. The first-order valence-corrected chi connectivity index (χ1v) is 6.02. The third-order valence-corrected chi connectivity index (χ3v) is 3.23. The number of fused-ring (bicyclic) bond motifs is 1. The van der Waals surface area contributed by atoms with Gasteiger partial charge in [-0.05, 0) is 17.9 Å². The molecule has 0 saturated heterocycles. The van der Waals surface area contributed by atoms with E-state index in [4.69, 9.17) is 5.73 Å². The highest BCUT2D eigenvalue weighted by Crippen LogP contribution is 2.22. The molecule has 1 aromatic carbocycles. The van der Waals surface area contributed by atoms with Gasteiger partial charge in [0.2, 0.25) is 0 Å². The van der Waals surface area contributed by atoms with E-state index >= 15 is 0 Å². The molecule has 0 fully saturated rings. The number of guanidine groups is 1. The molecule has 0 bridgehead atoms. The normalized spacial score (nSPS) is 15.9. The third-order valence-electron chi connectivity index (χ3n) is 3.23. The Kier molecular flexibility index (Phi) is 3.38. The molecule has 4 nitrogen and oxygen atoms in total. The number of nitrogens with two attached hydrogens (primary N) is 1. The number of hydrogen-bond donors (Lipinski definition) is 3. The van der Waals surface area contributed by atoms with Gasteiger partial charge in [-0.1, -0.05) is 38.5 Å². The monoisotopic (exact) mass is 231 g/mol. The molecule has 1 aromatic rings. The van der Waals surface area contributed by atoms with E-state index in [0.717, 1.165) is 29.6 Å². The first kappa shape index (κ1) is 12.0. The molecule has 1 atom stereocenters. The van der Waals surface area contributed by atoms with Gasteiger partial charge in [0, 0.05) is 5.46 Å². The van der Waals surface area contributed by atoms with Crippen molar-refractivity contribution in [3.8, 4) is 0 Å². The Morgan fingerprint density at radius 3 is 3.00 bits per heavy atom. The van der Waals surface area contributed by atoms with Gasteiger partial charge in [-0.15, -0.1) is 0 Å². The molecule has 90 valence electrons. The van der Waals surface area contributed by atoms with E-state index in [9.17, 15) is 5.02 Å². The minimum absolute atomic E-state index is 0.279.